The number of hydrogen-bond donors (Lipinski definition) is 0. The third-order valence-corrected chi connectivity index (χ3v) is 11.9. The van der Waals surface area contributed by atoms with Gasteiger partial charge in [0, 0.05) is 43.9 Å². The van der Waals surface area contributed by atoms with Crippen molar-refractivity contribution in [3.05, 3.63) is 218 Å². The molecule has 0 unspecified atom stereocenters. The molecule has 12 aromatic rings. The fraction of sp³-hybridized carbons (Fsp3) is 0. The van der Waals surface area contributed by atoms with Crippen LogP contribution in [0, 0.1) is 0 Å². The maximum absolute atomic E-state index is 7.01. The van der Waals surface area contributed by atoms with Crippen LogP contribution < -0.4 is 0 Å². The maximum atomic E-state index is 7.01. The van der Waals surface area contributed by atoms with Gasteiger partial charge in [-0.25, -0.2) is 15.0 Å². The van der Waals surface area contributed by atoms with Gasteiger partial charge in [0.25, 0.3) is 0 Å². The van der Waals surface area contributed by atoms with Crippen molar-refractivity contribution in [2.75, 3.05) is 0 Å². The van der Waals surface area contributed by atoms with Crippen LogP contribution in [0.25, 0.3) is 117 Å². The second kappa shape index (κ2) is 14.7. The Balaban J connectivity index is 1.13. The number of benzene rings is 9. The van der Waals surface area contributed by atoms with Crippen LogP contribution in [0.15, 0.2) is 223 Å². The van der Waals surface area contributed by atoms with Crippen molar-refractivity contribution in [1.82, 2.24) is 19.5 Å². The molecule has 5 nitrogen and oxygen atoms in total. The predicted molar refractivity (Wildman–Crippen MR) is 254 cm³/mol. The van der Waals surface area contributed by atoms with Crippen LogP contribution in [0.4, 0.5) is 0 Å². The highest BCUT2D eigenvalue weighted by atomic mass is 16.3. The zero-order valence-corrected chi connectivity index (χ0v) is 33.5. The molecule has 0 amide bonds. The minimum Gasteiger partial charge on any atom is -0.454 e. The molecule has 0 N–H and O–H groups in total. The molecule has 12 rings (SSSR count). The fourth-order valence-corrected chi connectivity index (χ4v) is 8.98. The molecule has 290 valence electrons. The smallest absolute Gasteiger partial charge is 0.164 e. The highest BCUT2D eigenvalue weighted by Crippen LogP contribution is 2.45. The van der Waals surface area contributed by atoms with E-state index in [2.05, 4.69) is 162 Å². The molecule has 5 heteroatoms. The molecular weight excluding hydrogens is 757 g/mol. The molecule has 0 radical (unpaired) electrons. The van der Waals surface area contributed by atoms with E-state index < -0.39 is 0 Å². The number of rotatable bonds is 7. The van der Waals surface area contributed by atoms with Gasteiger partial charge < -0.3 is 8.98 Å². The molecule has 0 aliphatic carbocycles. The molecular formula is C57H36N4O. The summed E-state index contributed by atoms with van der Waals surface area (Å²) in [6.07, 6.45) is 0. The Bertz CT molecular complexity index is 3560. The predicted octanol–water partition coefficient (Wildman–Crippen LogP) is 14.9. The highest BCUT2D eigenvalue weighted by molar-refractivity contribution is 6.24. The fourth-order valence-electron chi connectivity index (χ4n) is 8.98. The van der Waals surface area contributed by atoms with E-state index in [-0.39, 0.29) is 0 Å². The van der Waals surface area contributed by atoms with Crippen LogP contribution in [0.1, 0.15) is 0 Å². The molecule has 3 heterocycles. The lowest BCUT2D eigenvalue weighted by Gasteiger charge is -2.15. The van der Waals surface area contributed by atoms with Crippen LogP contribution in [0.3, 0.4) is 0 Å². The van der Waals surface area contributed by atoms with Crippen LogP contribution in [-0.4, -0.2) is 19.5 Å². The summed E-state index contributed by atoms with van der Waals surface area (Å²) in [4.78, 5) is 15.6. The molecule has 0 aliphatic rings. The minimum atomic E-state index is 0.588. The Hall–Kier alpha value is -8.41. The van der Waals surface area contributed by atoms with Crippen molar-refractivity contribution < 1.29 is 4.42 Å². The largest absolute Gasteiger partial charge is 0.454 e. The summed E-state index contributed by atoms with van der Waals surface area (Å²) in [5, 5.41) is 4.41. The van der Waals surface area contributed by atoms with E-state index in [1.165, 1.54) is 10.9 Å². The van der Waals surface area contributed by atoms with Gasteiger partial charge >= 0.3 is 0 Å². The Morgan fingerprint density at radius 2 is 0.887 bits per heavy atom. The molecule has 0 bridgehead atoms. The number of hydrogen-bond acceptors (Lipinski definition) is 4. The SMILES string of the molecule is c1ccc(-c2cccc(-c3ccc(-c4cccc5oc6c(ccc7c8ccccc8n(-c8ccccc8)c76)c45)c(-c4nc(-c5ccccc5)nc(-c5ccccc5)n4)c3)c2)cc1. The van der Waals surface area contributed by atoms with Crippen molar-refractivity contribution in [2.45, 2.75) is 0 Å². The lowest BCUT2D eigenvalue weighted by molar-refractivity contribution is 0.671. The zero-order chi connectivity index (χ0) is 41.0. The molecule has 0 aliphatic heterocycles. The minimum absolute atomic E-state index is 0.588. The Kier molecular flexibility index (Phi) is 8.42. The van der Waals surface area contributed by atoms with Gasteiger partial charge in [-0.15, -0.1) is 0 Å². The molecule has 0 saturated carbocycles. The number of para-hydroxylation sites is 2. The van der Waals surface area contributed by atoms with Gasteiger partial charge in [0.15, 0.2) is 23.1 Å². The quantitative estimate of drug-likeness (QED) is 0.161. The first kappa shape index (κ1) is 35.5. The monoisotopic (exact) mass is 792 g/mol. The second-order valence-corrected chi connectivity index (χ2v) is 15.6. The van der Waals surface area contributed by atoms with Gasteiger partial charge in [-0.1, -0.05) is 176 Å². The molecule has 0 spiro atoms. The summed E-state index contributed by atoms with van der Waals surface area (Å²) in [6.45, 7) is 0. The summed E-state index contributed by atoms with van der Waals surface area (Å²) >= 11 is 0. The van der Waals surface area contributed by atoms with Crippen LogP contribution in [0.5, 0.6) is 0 Å². The van der Waals surface area contributed by atoms with Crippen molar-refractivity contribution >= 4 is 43.7 Å². The van der Waals surface area contributed by atoms with E-state index in [9.17, 15) is 0 Å². The third kappa shape index (κ3) is 5.98. The van der Waals surface area contributed by atoms with Gasteiger partial charge in [-0.05, 0) is 75.8 Å². The van der Waals surface area contributed by atoms with Gasteiger partial charge in [-0.2, -0.15) is 0 Å². The topological polar surface area (TPSA) is 56.7 Å². The third-order valence-electron chi connectivity index (χ3n) is 11.9. The molecule has 0 fully saturated rings. The Morgan fingerprint density at radius 3 is 1.60 bits per heavy atom. The van der Waals surface area contributed by atoms with Gasteiger partial charge in [0.05, 0.1) is 11.0 Å². The van der Waals surface area contributed by atoms with Crippen molar-refractivity contribution in [1.29, 1.82) is 0 Å². The number of aromatic nitrogens is 4. The van der Waals surface area contributed by atoms with Crippen molar-refractivity contribution in [3.63, 3.8) is 0 Å². The summed E-state index contributed by atoms with van der Waals surface area (Å²) in [6, 6.07) is 76.2. The van der Waals surface area contributed by atoms with E-state index in [4.69, 9.17) is 19.4 Å². The molecule has 62 heavy (non-hydrogen) atoms. The van der Waals surface area contributed by atoms with Crippen molar-refractivity contribution in [2.24, 2.45) is 0 Å². The Labute approximate surface area is 357 Å². The average molecular weight is 793 g/mol. The molecule has 3 aromatic heterocycles. The number of furan rings is 1. The van der Waals surface area contributed by atoms with E-state index in [0.29, 0.717) is 17.5 Å². The maximum Gasteiger partial charge on any atom is 0.164 e. The van der Waals surface area contributed by atoms with Crippen molar-refractivity contribution in [3.8, 4) is 73.2 Å². The normalized spacial score (nSPS) is 11.5. The molecule has 0 saturated heterocycles. The highest BCUT2D eigenvalue weighted by Gasteiger charge is 2.23. The first-order chi connectivity index (χ1) is 30.7. The van der Waals surface area contributed by atoms with Gasteiger partial charge in [0.1, 0.15) is 5.58 Å². The summed E-state index contributed by atoms with van der Waals surface area (Å²) in [7, 11) is 0. The number of fused-ring (bicyclic) bond motifs is 7. The lowest BCUT2D eigenvalue weighted by atomic mass is 9.91. The summed E-state index contributed by atoms with van der Waals surface area (Å²) in [5.41, 5.74) is 14.2. The summed E-state index contributed by atoms with van der Waals surface area (Å²) in [5.74, 6) is 1.81. The second-order valence-electron chi connectivity index (χ2n) is 15.6. The Morgan fingerprint density at radius 1 is 0.339 bits per heavy atom. The number of nitrogens with zero attached hydrogens (tertiary/aromatic N) is 4. The first-order valence-electron chi connectivity index (χ1n) is 20.9. The van der Waals surface area contributed by atoms with Crippen LogP contribution in [-0.2, 0) is 0 Å². The molecule has 0 atom stereocenters. The van der Waals surface area contributed by atoms with Gasteiger partial charge in [0.2, 0.25) is 0 Å². The van der Waals surface area contributed by atoms with E-state index in [0.717, 1.165) is 88.6 Å². The summed E-state index contributed by atoms with van der Waals surface area (Å²) < 4.78 is 9.34. The van der Waals surface area contributed by atoms with E-state index in [1.54, 1.807) is 0 Å². The van der Waals surface area contributed by atoms with Gasteiger partial charge in [-0.3, -0.25) is 0 Å². The zero-order valence-electron chi connectivity index (χ0n) is 33.5. The van der Waals surface area contributed by atoms with Crippen LogP contribution in [0.2, 0.25) is 0 Å². The van der Waals surface area contributed by atoms with E-state index in [1.807, 2.05) is 60.7 Å². The lowest BCUT2D eigenvalue weighted by Crippen LogP contribution is -2.01. The standard InChI is InChI=1S/C57H36N4O/c1-5-17-37(18-6-1)40-23-15-24-41(35-40)42-31-32-44(49(36-42)57-59-55(38-19-7-2-8-20-38)58-56(60-57)39-21-9-3-10-22-39)46-28-16-30-51-52(46)48-34-33-47-45-27-13-14-29-50(45)61(53(47)54(48)62-51)43-25-11-4-12-26-43/h1-36H. The first-order valence-corrected chi connectivity index (χ1v) is 20.9. The van der Waals surface area contributed by atoms with E-state index >= 15 is 0 Å². The van der Waals surface area contributed by atoms with Crippen LogP contribution >= 0.6 is 0 Å². The molecule has 9 aromatic carbocycles. The average Bonchev–Trinajstić information content (AvgIpc) is 3.91.